The fraction of sp³-hybridized carbons (Fsp3) is 0.545. The summed E-state index contributed by atoms with van der Waals surface area (Å²) < 4.78 is 0. The third kappa shape index (κ3) is 2.69. The molecular formula is C11H15N3O2S. The van der Waals surface area contributed by atoms with Crippen molar-refractivity contribution in [3.05, 3.63) is 11.6 Å². The molecule has 0 bridgehead atoms. The van der Waals surface area contributed by atoms with Crippen molar-refractivity contribution in [2.45, 2.75) is 24.3 Å². The molecule has 0 spiro atoms. The SMILES string of the molecule is CSc1cc(C(=O)O)c(N2CCCCC2)nn1. The molecule has 1 aromatic rings. The second kappa shape index (κ2) is 5.35. The number of anilines is 1. The Morgan fingerprint density at radius 2 is 2.06 bits per heavy atom. The number of nitrogens with zero attached hydrogens (tertiary/aromatic N) is 3. The van der Waals surface area contributed by atoms with Crippen LogP contribution in [-0.2, 0) is 0 Å². The van der Waals surface area contributed by atoms with Gasteiger partial charge in [0.15, 0.2) is 5.82 Å². The van der Waals surface area contributed by atoms with Crippen LogP contribution in [0.2, 0.25) is 0 Å². The van der Waals surface area contributed by atoms with Gasteiger partial charge in [0.1, 0.15) is 10.6 Å². The number of carboxylic acids is 1. The van der Waals surface area contributed by atoms with Gasteiger partial charge in [-0.3, -0.25) is 0 Å². The van der Waals surface area contributed by atoms with Crippen molar-refractivity contribution in [1.82, 2.24) is 10.2 Å². The molecule has 1 saturated heterocycles. The summed E-state index contributed by atoms with van der Waals surface area (Å²) in [5.74, 6) is -0.425. The van der Waals surface area contributed by atoms with Gasteiger partial charge in [0.05, 0.1) is 0 Å². The van der Waals surface area contributed by atoms with Crippen molar-refractivity contribution < 1.29 is 9.90 Å². The van der Waals surface area contributed by atoms with E-state index >= 15 is 0 Å². The van der Waals surface area contributed by atoms with Gasteiger partial charge < -0.3 is 10.0 Å². The zero-order valence-corrected chi connectivity index (χ0v) is 10.5. The average molecular weight is 253 g/mol. The van der Waals surface area contributed by atoms with E-state index in [-0.39, 0.29) is 5.56 Å². The largest absolute Gasteiger partial charge is 0.478 e. The predicted molar refractivity (Wildman–Crippen MR) is 66.8 cm³/mol. The van der Waals surface area contributed by atoms with Crippen molar-refractivity contribution in [1.29, 1.82) is 0 Å². The van der Waals surface area contributed by atoms with E-state index in [0.717, 1.165) is 25.9 Å². The molecule has 5 nitrogen and oxygen atoms in total. The fourth-order valence-electron chi connectivity index (χ4n) is 1.96. The number of carbonyl (C=O) groups is 1. The van der Waals surface area contributed by atoms with E-state index in [4.69, 9.17) is 0 Å². The van der Waals surface area contributed by atoms with E-state index in [0.29, 0.717) is 10.8 Å². The Morgan fingerprint density at radius 3 is 2.65 bits per heavy atom. The predicted octanol–water partition coefficient (Wildman–Crippen LogP) is 1.89. The summed E-state index contributed by atoms with van der Waals surface area (Å²) in [5, 5.41) is 17.9. The minimum absolute atomic E-state index is 0.256. The first kappa shape index (κ1) is 12.2. The molecule has 0 unspecified atom stereocenters. The van der Waals surface area contributed by atoms with Gasteiger partial charge in [0, 0.05) is 13.1 Å². The molecule has 2 rings (SSSR count). The molecule has 6 heteroatoms. The quantitative estimate of drug-likeness (QED) is 0.830. The van der Waals surface area contributed by atoms with Crippen molar-refractivity contribution in [2.75, 3.05) is 24.2 Å². The van der Waals surface area contributed by atoms with Gasteiger partial charge in [-0.15, -0.1) is 22.0 Å². The van der Waals surface area contributed by atoms with E-state index < -0.39 is 5.97 Å². The molecule has 92 valence electrons. The highest BCUT2D eigenvalue weighted by Crippen LogP contribution is 2.24. The zero-order chi connectivity index (χ0) is 12.3. The van der Waals surface area contributed by atoms with Crippen LogP contribution in [0.1, 0.15) is 29.6 Å². The van der Waals surface area contributed by atoms with Crippen LogP contribution in [0.5, 0.6) is 0 Å². The van der Waals surface area contributed by atoms with Gasteiger partial charge in [-0.1, -0.05) is 0 Å². The molecule has 1 aliphatic heterocycles. The molecule has 1 aliphatic rings. The number of aromatic carboxylic acids is 1. The highest BCUT2D eigenvalue weighted by atomic mass is 32.2. The normalized spacial score (nSPS) is 15.9. The molecule has 0 amide bonds. The van der Waals surface area contributed by atoms with Crippen molar-refractivity contribution in [2.24, 2.45) is 0 Å². The first-order chi connectivity index (χ1) is 8.22. The lowest BCUT2D eigenvalue weighted by Gasteiger charge is -2.28. The second-order valence-corrected chi connectivity index (χ2v) is 4.80. The molecule has 0 aliphatic carbocycles. The minimum Gasteiger partial charge on any atom is -0.478 e. The summed E-state index contributed by atoms with van der Waals surface area (Å²) >= 11 is 1.40. The molecule has 1 N–H and O–H groups in total. The Morgan fingerprint density at radius 1 is 1.35 bits per heavy atom. The molecule has 0 atom stereocenters. The van der Waals surface area contributed by atoms with Crippen LogP contribution in [0.4, 0.5) is 5.82 Å². The first-order valence-corrected chi connectivity index (χ1v) is 6.85. The van der Waals surface area contributed by atoms with Crippen LogP contribution >= 0.6 is 11.8 Å². The Hall–Kier alpha value is -1.30. The molecular weight excluding hydrogens is 238 g/mol. The van der Waals surface area contributed by atoms with Crippen molar-refractivity contribution >= 4 is 23.5 Å². The van der Waals surface area contributed by atoms with E-state index in [9.17, 15) is 9.90 Å². The van der Waals surface area contributed by atoms with Gasteiger partial charge >= 0.3 is 5.97 Å². The van der Waals surface area contributed by atoms with Crippen LogP contribution in [0.3, 0.4) is 0 Å². The van der Waals surface area contributed by atoms with Crippen LogP contribution in [0.15, 0.2) is 11.1 Å². The van der Waals surface area contributed by atoms with Gasteiger partial charge in [0.25, 0.3) is 0 Å². The first-order valence-electron chi connectivity index (χ1n) is 5.62. The van der Waals surface area contributed by atoms with E-state index in [1.54, 1.807) is 6.07 Å². The van der Waals surface area contributed by atoms with E-state index in [1.165, 1.54) is 18.2 Å². The number of carboxylic acid groups (broad SMARTS) is 1. The molecule has 0 aromatic carbocycles. The van der Waals surface area contributed by atoms with Crippen molar-refractivity contribution in [3.63, 3.8) is 0 Å². The minimum atomic E-state index is -0.934. The summed E-state index contributed by atoms with van der Waals surface area (Å²) in [7, 11) is 0. The zero-order valence-electron chi connectivity index (χ0n) is 9.72. The molecule has 1 aromatic heterocycles. The summed E-state index contributed by atoms with van der Waals surface area (Å²) in [6, 6.07) is 1.60. The Kier molecular flexibility index (Phi) is 3.83. The third-order valence-corrected chi connectivity index (χ3v) is 3.46. The lowest BCUT2D eigenvalue weighted by atomic mass is 10.1. The van der Waals surface area contributed by atoms with Gasteiger partial charge in [-0.2, -0.15) is 0 Å². The van der Waals surface area contributed by atoms with Crippen LogP contribution in [0, 0.1) is 0 Å². The highest BCUT2D eigenvalue weighted by molar-refractivity contribution is 7.98. The fourth-order valence-corrected chi connectivity index (χ4v) is 2.32. The summed E-state index contributed by atoms with van der Waals surface area (Å²) in [6.07, 6.45) is 5.24. The lowest BCUT2D eigenvalue weighted by molar-refractivity contribution is 0.0696. The Labute approximate surface area is 104 Å². The Balaban J connectivity index is 2.34. The third-order valence-electron chi connectivity index (χ3n) is 2.85. The lowest BCUT2D eigenvalue weighted by Crippen LogP contribution is -2.32. The Bertz CT molecular complexity index is 419. The van der Waals surface area contributed by atoms with Crippen LogP contribution in [0.25, 0.3) is 0 Å². The number of hydrogen-bond acceptors (Lipinski definition) is 5. The second-order valence-electron chi connectivity index (χ2n) is 3.98. The molecule has 1 fully saturated rings. The monoisotopic (exact) mass is 253 g/mol. The maximum atomic E-state index is 11.2. The average Bonchev–Trinajstić information content (AvgIpc) is 2.39. The highest BCUT2D eigenvalue weighted by Gasteiger charge is 2.20. The topological polar surface area (TPSA) is 66.3 Å². The summed E-state index contributed by atoms with van der Waals surface area (Å²) in [5.41, 5.74) is 0.256. The number of piperidine rings is 1. The number of rotatable bonds is 3. The summed E-state index contributed by atoms with van der Waals surface area (Å²) in [4.78, 5) is 13.2. The molecule has 0 radical (unpaired) electrons. The van der Waals surface area contributed by atoms with E-state index in [2.05, 4.69) is 10.2 Å². The van der Waals surface area contributed by atoms with Crippen LogP contribution in [-0.4, -0.2) is 40.6 Å². The molecule has 0 saturated carbocycles. The number of hydrogen-bond donors (Lipinski definition) is 1. The van der Waals surface area contributed by atoms with Gasteiger partial charge in [-0.25, -0.2) is 4.79 Å². The molecule has 17 heavy (non-hydrogen) atoms. The maximum Gasteiger partial charge on any atom is 0.339 e. The van der Waals surface area contributed by atoms with Gasteiger partial charge in [-0.05, 0) is 31.6 Å². The molecule has 2 heterocycles. The maximum absolute atomic E-state index is 11.2. The smallest absolute Gasteiger partial charge is 0.339 e. The van der Waals surface area contributed by atoms with Crippen LogP contribution < -0.4 is 4.90 Å². The summed E-state index contributed by atoms with van der Waals surface area (Å²) in [6.45, 7) is 1.74. The number of thioether (sulfide) groups is 1. The number of aromatic nitrogens is 2. The van der Waals surface area contributed by atoms with E-state index in [1.807, 2.05) is 11.2 Å². The van der Waals surface area contributed by atoms with Gasteiger partial charge in [0.2, 0.25) is 0 Å². The standard InChI is InChI=1S/C11H15N3O2S/c1-17-9-7-8(11(15)16)10(13-12-9)14-5-3-2-4-6-14/h7H,2-6H2,1H3,(H,15,16). The van der Waals surface area contributed by atoms with Crippen molar-refractivity contribution in [3.8, 4) is 0 Å².